The minimum Gasteiger partial charge on any atom is -0.466 e. The molecule has 1 atom stereocenters. The van der Waals surface area contributed by atoms with Crippen LogP contribution in [0.25, 0.3) is 16.4 Å². The van der Waals surface area contributed by atoms with Gasteiger partial charge < -0.3 is 4.74 Å². The van der Waals surface area contributed by atoms with Crippen LogP contribution in [0.4, 0.5) is 0 Å². The van der Waals surface area contributed by atoms with Gasteiger partial charge in [-0.2, -0.15) is 0 Å². The second kappa shape index (κ2) is 8.90. The van der Waals surface area contributed by atoms with Crippen LogP contribution in [0, 0.1) is 20.8 Å². The third-order valence-electron chi connectivity index (χ3n) is 5.89. The standard InChI is InChI=1S/C25H24N6O2S/c1-5-33-20(32)13-19-24-30-29-16(4)31(24)25-21(14(2)15(3)34-25)22(28-19)17-7-9-18(10-8-17)23-26-11-6-12-27-23/h6-12,19H,5,13H2,1-4H3/t19-/m0/s1. The Hall–Kier alpha value is -3.72. The zero-order chi connectivity index (χ0) is 23.8. The number of benzene rings is 1. The highest BCUT2D eigenvalue weighted by Gasteiger charge is 2.32. The quantitative estimate of drug-likeness (QED) is 0.395. The van der Waals surface area contributed by atoms with Gasteiger partial charge in [-0.25, -0.2) is 9.97 Å². The summed E-state index contributed by atoms with van der Waals surface area (Å²) in [5.41, 5.74) is 4.91. The normalized spacial score (nSPS) is 14.7. The maximum absolute atomic E-state index is 12.5. The van der Waals surface area contributed by atoms with E-state index in [1.54, 1.807) is 36.7 Å². The van der Waals surface area contributed by atoms with E-state index in [4.69, 9.17) is 9.73 Å². The Morgan fingerprint density at radius 2 is 1.76 bits per heavy atom. The number of fused-ring (bicyclic) bond motifs is 3. The third kappa shape index (κ3) is 3.81. The van der Waals surface area contributed by atoms with E-state index in [1.165, 1.54) is 4.88 Å². The number of nitrogens with zero attached hydrogens (tertiary/aromatic N) is 6. The van der Waals surface area contributed by atoms with Crippen LogP contribution in [-0.4, -0.2) is 43.0 Å². The van der Waals surface area contributed by atoms with Crippen molar-refractivity contribution in [2.75, 3.05) is 6.61 Å². The molecule has 1 aromatic carbocycles. The number of hydrogen-bond donors (Lipinski definition) is 0. The predicted molar refractivity (Wildman–Crippen MR) is 131 cm³/mol. The van der Waals surface area contributed by atoms with E-state index in [0.717, 1.165) is 38.8 Å². The minimum atomic E-state index is -0.508. The second-order valence-electron chi connectivity index (χ2n) is 8.06. The molecule has 0 saturated carbocycles. The molecule has 0 amide bonds. The summed E-state index contributed by atoms with van der Waals surface area (Å²) in [6.07, 6.45) is 3.55. The number of carbonyl (C=O) groups excluding carboxylic acids is 1. The van der Waals surface area contributed by atoms with Gasteiger partial charge in [0.2, 0.25) is 0 Å². The van der Waals surface area contributed by atoms with Crippen molar-refractivity contribution in [3.63, 3.8) is 0 Å². The molecule has 0 spiro atoms. The van der Waals surface area contributed by atoms with Crippen LogP contribution in [0.1, 0.15) is 52.6 Å². The van der Waals surface area contributed by atoms with Crippen LogP contribution in [0.3, 0.4) is 0 Å². The van der Waals surface area contributed by atoms with Crippen LogP contribution in [0.2, 0.25) is 0 Å². The molecule has 0 aliphatic carbocycles. The zero-order valence-corrected chi connectivity index (χ0v) is 20.3. The molecule has 9 heteroatoms. The first-order valence-corrected chi connectivity index (χ1v) is 11.9. The highest BCUT2D eigenvalue weighted by atomic mass is 32.1. The van der Waals surface area contributed by atoms with Gasteiger partial charge in [-0.05, 0) is 39.3 Å². The molecule has 8 nitrogen and oxygen atoms in total. The highest BCUT2D eigenvalue weighted by molar-refractivity contribution is 7.15. The number of hydrogen-bond acceptors (Lipinski definition) is 8. The van der Waals surface area contributed by atoms with Gasteiger partial charge in [0.05, 0.1) is 18.7 Å². The van der Waals surface area contributed by atoms with Gasteiger partial charge in [0.25, 0.3) is 0 Å². The summed E-state index contributed by atoms with van der Waals surface area (Å²) < 4.78 is 7.27. The fraction of sp³-hybridized carbons (Fsp3) is 0.280. The largest absolute Gasteiger partial charge is 0.466 e. The van der Waals surface area contributed by atoms with E-state index in [2.05, 4.69) is 34.0 Å². The Kier molecular flexibility index (Phi) is 5.79. The van der Waals surface area contributed by atoms with Crippen LogP contribution in [0.5, 0.6) is 0 Å². The molecule has 172 valence electrons. The third-order valence-corrected chi connectivity index (χ3v) is 7.08. The van der Waals surface area contributed by atoms with Gasteiger partial charge in [-0.15, -0.1) is 21.5 Å². The lowest BCUT2D eigenvalue weighted by atomic mass is 9.98. The van der Waals surface area contributed by atoms with E-state index in [0.29, 0.717) is 18.3 Å². The number of esters is 1. The molecule has 0 N–H and O–H groups in total. The second-order valence-corrected chi connectivity index (χ2v) is 9.26. The number of aliphatic imine (C=N–C) groups is 1. The molecule has 0 saturated heterocycles. The lowest BCUT2D eigenvalue weighted by molar-refractivity contribution is -0.143. The first kappa shape index (κ1) is 22.1. The summed E-state index contributed by atoms with van der Waals surface area (Å²) in [5.74, 6) is 1.77. The van der Waals surface area contributed by atoms with Crippen molar-refractivity contribution in [1.29, 1.82) is 0 Å². The van der Waals surface area contributed by atoms with Gasteiger partial charge in [0, 0.05) is 34.0 Å². The van der Waals surface area contributed by atoms with E-state index in [1.807, 2.05) is 35.8 Å². The molecule has 0 unspecified atom stereocenters. The molecule has 0 radical (unpaired) electrons. The Morgan fingerprint density at radius 3 is 2.47 bits per heavy atom. The van der Waals surface area contributed by atoms with E-state index in [9.17, 15) is 4.79 Å². The Balaban J connectivity index is 1.67. The van der Waals surface area contributed by atoms with Crippen LogP contribution >= 0.6 is 11.3 Å². The maximum Gasteiger partial charge on any atom is 0.308 e. The maximum atomic E-state index is 12.5. The fourth-order valence-electron chi connectivity index (χ4n) is 4.13. The molecule has 1 aliphatic rings. The number of aromatic nitrogens is 5. The van der Waals surface area contributed by atoms with E-state index >= 15 is 0 Å². The van der Waals surface area contributed by atoms with Crippen LogP contribution < -0.4 is 0 Å². The Bertz CT molecular complexity index is 1390. The van der Waals surface area contributed by atoms with Crippen molar-refractivity contribution in [3.8, 4) is 16.4 Å². The highest BCUT2D eigenvalue weighted by Crippen LogP contribution is 2.39. The monoisotopic (exact) mass is 472 g/mol. The molecule has 5 rings (SSSR count). The van der Waals surface area contributed by atoms with Crippen molar-refractivity contribution in [2.45, 2.75) is 40.2 Å². The lowest BCUT2D eigenvalue weighted by Crippen LogP contribution is -2.13. The molecule has 0 fully saturated rings. The number of aryl methyl sites for hydroxylation is 2. The van der Waals surface area contributed by atoms with Crippen LogP contribution in [-0.2, 0) is 9.53 Å². The molecular formula is C25H24N6O2S. The minimum absolute atomic E-state index is 0.0956. The van der Waals surface area contributed by atoms with Crippen molar-refractivity contribution in [2.24, 2.45) is 4.99 Å². The van der Waals surface area contributed by atoms with Gasteiger partial charge in [-0.1, -0.05) is 24.3 Å². The van der Waals surface area contributed by atoms with Crippen molar-refractivity contribution in [3.05, 3.63) is 75.9 Å². The molecule has 0 bridgehead atoms. The first-order valence-electron chi connectivity index (χ1n) is 11.1. The first-order chi connectivity index (χ1) is 16.5. The lowest BCUT2D eigenvalue weighted by Gasteiger charge is -2.12. The summed E-state index contributed by atoms with van der Waals surface area (Å²) in [5, 5.41) is 9.75. The zero-order valence-electron chi connectivity index (χ0n) is 19.4. The predicted octanol–water partition coefficient (Wildman–Crippen LogP) is 4.56. The Labute approximate surface area is 201 Å². The smallest absolute Gasteiger partial charge is 0.308 e. The number of thiophene rings is 1. The summed E-state index contributed by atoms with van der Waals surface area (Å²) in [6.45, 7) is 8.26. The van der Waals surface area contributed by atoms with E-state index in [-0.39, 0.29) is 12.4 Å². The van der Waals surface area contributed by atoms with E-state index < -0.39 is 6.04 Å². The van der Waals surface area contributed by atoms with Crippen molar-refractivity contribution < 1.29 is 9.53 Å². The number of ether oxygens (including phenoxy) is 1. The van der Waals surface area contributed by atoms with Crippen molar-refractivity contribution >= 4 is 23.0 Å². The fourth-order valence-corrected chi connectivity index (χ4v) is 5.34. The molecule has 3 aromatic heterocycles. The van der Waals surface area contributed by atoms with Gasteiger partial charge >= 0.3 is 5.97 Å². The average molecular weight is 473 g/mol. The molecule has 4 heterocycles. The summed E-state index contributed by atoms with van der Waals surface area (Å²) >= 11 is 1.69. The molecule has 1 aliphatic heterocycles. The summed E-state index contributed by atoms with van der Waals surface area (Å²) in [6, 6.07) is 9.34. The summed E-state index contributed by atoms with van der Waals surface area (Å²) in [7, 11) is 0. The van der Waals surface area contributed by atoms with Gasteiger partial charge in [0.1, 0.15) is 16.9 Å². The number of carbonyl (C=O) groups is 1. The topological polar surface area (TPSA) is 95.2 Å². The molecular weight excluding hydrogens is 448 g/mol. The average Bonchev–Trinajstić information content (AvgIpc) is 3.32. The number of rotatable bonds is 5. The van der Waals surface area contributed by atoms with Crippen LogP contribution in [0.15, 0.2) is 47.7 Å². The summed E-state index contributed by atoms with van der Waals surface area (Å²) in [4.78, 5) is 27.5. The SMILES string of the molecule is CCOC(=O)C[C@@H]1N=C(c2ccc(-c3ncccn3)cc2)c2c(sc(C)c2C)-n2c(C)nnc21. The van der Waals surface area contributed by atoms with Crippen molar-refractivity contribution in [1.82, 2.24) is 24.7 Å². The molecule has 4 aromatic rings. The molecule has 34 heavy (non-hydrogen) atoms. The Morgan fingerprint density at radius 1 is 1.06 bits per heavy atom. The van der Waals surface area contributed by atoms with Gasteiger partial charge in [0.15, 0.2) is 11.6 Å². The van der Waals surface area contributed by atoms with Gasteiger partial charge in [-0.3, -0.25) is 14.4 Å².